The summed E-state index contributed by atoms with van der Waals surface area (Å²) in [5.41, 5.74) is 0.927. The van der Waals surface area contributed by atoms with Gasteiger partial charge in [-0.25, -0.2) is 9.18 Å². The van der Waals surface area contributed by atoms with Crippen LogP contribution < -0.4 is 16.2 Å². The molecule has 0 radical (unpaired) electrons. The first-order valence-electron chi connectivity index (χ1n) is 10.1. The predicted octanol–water partition coefficient (Wildman–Crippen LogP) is 3.54. The van der Waals surface area contributed by atoms with Gasteiger partial charge in [0, 0.05) is 19.7 Å². The average Bonchev–Trinajstić information content (AvgIpc) is 2.75. The topological polar surface area (TPSA) is 121 Å². The van der Waals surface area contributed by atoms with Crippen LogP contribution in [0, 0.1) is 0 Å². The quantitative estimate of drug-likeness (QED) is 0.524. The Morgan fingerprint density at radius 2 is 1.97 bits per heavy atom. The minimum Gasteiger partial charge on any atom is -0.505 e. The molecule has 1 aliphatic rings. The molecule has 3 rings (SSSR count). The zero-order valence-corrected chi connectivity index (χ0v) is 17.5. The zero-order chi connectivity index (χ0) is 23.3. The molecule has 1 heterocycles. The number of nitrogens with one attached hydrogen (secondary N) is 2. The molecule has 9 heteroatoms. The molecular weight excluding hydrogens is 417 g/mol. The minimum atomic E-state index is -1.14. The van der Waals surface area contributed by atoms with Crippen molar-refractivity contribution in [3.8, 4) is 5.75 Å². The third kappa shape index (κ3) is 5.63. The van der Waals surface area contributed by atoms with E-state index in [-0.39, 0.29) is 11.5 Å². The van der Waals surface area contributed by atoms with Gasteiger partial charge in [-0.15, -0.1) is 0 Å². The number of hydrogen-bond acceptors (Lipinski definition) is 4. The van der Waals surface area contributed by atoms with Crippen LogP contribution in [0.25, 0.3) is 0 Å². The molecule has 2 amide bonds. The maximum absolute atomic E-state index is 14.0. The minimum absolute atomic E-state index is 0.259. The van der Waals surface area contributed by atoms with Crippen molar-refractivity contribution >= 4 is 17.7 Å². The molecule has 0 saturated carbocycles. The van der Waals surface area contributed by atoms with Gasteiger partial charge in [0.05, 0.1) is 12.5 Å². The Kier molecular flexibility index (Phi) is 7.09. The van der Waals surface area contributed by atoms with Crippen LogP contribution in [0.15, 0.2) is 64.9 Å². The third-order valence-corrected chi connectivity index (χ3v) is 5.10. The number of rotatable bonds is 7. The molecule has 1 aromatic heterocycles. The van der Waals surface area contributed by atoms with Gasteiger partial charge in [-0.2, -0.15) is 0 Å². The fourth-order valence-electron chi connectivity index (χ4n) is 3.46. The molecule has 2 aromatic rings. The Hall–Kier alpha value is -3.88. The van der Waals surface area contributed by atoms with Crippen molar-refractivity contribution in [1.29, 1.82) is 0 Å². The number of aromatic hydroxyl groups is 1. The standard InChI is InChI=1S/C23H24FN3O5/c1-27-10-9-19(28)21(22(27)31)26-23(32)25-18(13-20(29)30)16-7-4-5-14(12-16)11-15-6-2-3-8-17(15)24/h4-10,12,18,28H,2-3,11,13H2,1H3,(H,29,30)(H2,25,26,32)/t18-/m0/s1. The Bertz CT molecular complexity index is 1150. The number of urea groups is 1. The fraction of sp³-hybridized carbons (Fsp3) is 0.261. The highest BCUT2D eigenvalue weighted by molar-refractivity contribution is 5.91. The lowest BCUT2D eigenvalue weighted by molar-refractivity contribution is -0.137. The van der Waals surface area contributed by atoms with Crippen molar-refractivity contribution in [1.82, 2.24) is 9.88 Å². The lowest BCUT2D eigenvalue weighted by Gasteiger charge is -2.19. The summed E-state index contributed by atoms with van der Waals surface area (Å²) >= 11 is 0. The van der Waals surface area contributed by atoms with Crippen LogP contribution in [0.1, 0.15) is 36.4 Å². The van der Waals surface area contributed by atoms with Crippen LogP contribution in [0.3, 0.4) is 0 Å². The number of aliphatic carboxylic acids is 1. The number of aryl methyl sites for hydroxylation is 1. The normalized spacial score (nSPS) is 14.2. The molecule has 0 aliphatic heterocycles. The number of benzene rings is 1. The molecule has 0 bridgehead atoms. The molecule has 168 valence electrons. The largest absolute Gasteiger partial charge is 0.505 e. The second-order valence-electron chi connectivity index (χ2n) is 7.52. The highest BCUT2D eigenvalue weighted by atomic mass is 19.1. The number of amides is 2. The van der Waals surface area contributed by atoms with Crippen molar-refractivity contribution < 1.29 is 24.2 Å². The number of nitrogens with zero attached hydrogens (tertiary/aromatic N) is 1. The second kappa shape index (κ2) is 9.95. The van der Waals surface area contributed by atoms with Gasteiger partial charge in [0.25, 0.3) is 5.56 Å². The smallest absolute Gasteiger partial charge is 0.319 e. The van der Waals surface area contributed by atoms with E-state index in [9.17, 15) is 29.0 Å². The van der Waals surface area contributed by atoms with E-state index in [1.807, 2.05) is 6.08 Å². The maximum Gasteiger partial charge on any atom is 0.319 e. The second-order valence-corrected chi connectivity index (χ2v) is 7.52. The predicted molar refractivity (Wildman–Crippen MR) is 117 cm³/mol. The first kappa shape index (κ1) is 22.8. The van der Waals surface area contributed by atoms with Gasteiger partial charge in [-0.05, 0) is 41.7 Å². The van der Waals surface area contributed by atoms with E-state index in [1.54, 1.807) is 30.3 Å². The number of aromatic nitrogens is 1. The molecule has 0 unspecified atom stereocenters. The summed E-state index contributed by atoms with van der Waals surface area (Å²) in [7, 11) is 1.46. The van der Waals surface area contributed by atoms with Crippen LogP contribution in [-0.4, -0.2) is 26.8 Å². The molecular formula is C23H24FN3O5. The Morgan fingerprint density at radius 3 is 2.69 bits per heavy atom. The fourth-order valence-corrected chi connectivity index (χ4v) is 3.46. The molecule has 8 nitrogen and oxygen atoms in total. The molecule has 0 fully saturated rings. The summed E-state index contributed by atoms with van der Waals surface area (Å²) in [5.74, 6) is -1.80. The molecule has 0 spiro atoms. The van der Waals surface area contributed by atoms with E-state index in [0.29, 0.717) is 24.0 Å². The zero-order valence-electron chi connectivity index (χ0n) is 17.5. The van der Waals surface area contributed by atoms with E-state index in [4.69, 9.17) is 0 Å². The molecule has 0 saturated heterocycles. The van der Waals surface area contributed by atoms with E-state index < -0.39 is 35.8 Å². The number of carboxylic acid groups (broad SMARTS) is 1. The van der Waals surface area contributed by atoms with Gasteiger partial charge in [0.15, 0.2) is 5.69 Å². The lowest BCUT2D eigenvalue weighted by Crippen LogP contribution is -2.36. The number of halogens is 1. The van der Waals surface area contributed by atoms with Crippen LogP contribution >= 0.6 is 0 Å². The van der Waals surface area contributed by atoms with Gasteiger partial charge in [0.2, 0.25) is 0 Å². The summed E-state index contributed by atoms with van der Waals surface area (Å²) in [6.45, 7) is 0. The first-order chi connectivity index (χ1) is 15.2. The molecule has 32 heavy (non-hydrogen) atoms. The van der Waals surface area contributed by atoms with Crippen LogP contribution in [0.4, 0.5) is 14.9 Å². The summed E-state index contributed by atoms with van der Waals surface area (Å²) in [4.78, 5) is 36.0. The number of carbonyl (C=O) groups excluding carboxylic acids is 1. The van der Waals surface area contributed by atoms with Crippen LogP contribution in [0.5, 0.6) is 5.75 Å². The van der Waals surface area contributed by atoms with Gasteiger partial charge >= 0.3 is 12.0 Å². The van der Waals surface area contributed by atoms with E-state index in [0.717, 1.165) is 12.0 Å². The average molecular weight is 441 g/mol. The number of hydrogen-bond donors (Lipinski definition) is 4. The van der Waals surface area contributed by atoms with E-state index in [1.165, 1.54) is 23.9 Å². The summed E-state index contributed by atoms with van der Waals surface area (Å²) in [6, 6.07) is 6.39. The number of carboxylic acids is 1. The van der Waals surface area contributed by atoms with Gasteiger partial charge in [0.1, 0.15) is 11.6 Å². The molecule has 1 atom stereocenters. The van der Waals surface area contributed by atoms with Gasteiger partial charge < -0.3 is 25.4 Å². The summed E-state index contributed by atoms with van der Waals surface area (Å²) in [6.07, 6.45) is 6.09. The Morgan fingerprint density at radius 1 is 1.22 bits per heavy atom. The van der Waals surface area contributed by atoms with Crippen LogP contribution in [-0.2, 0) is 18.3 Å². The summed E-state index contributed by atoms with van der Waals surface area (Å²) < 4.78 is 15.2. The number of anilines is 1. The van der Waals surface area contributed by atoms with Crippen molar-refractivity contribution in [2.75, 3.05) is 5.32 Å². The van der Waals surface area contributed by atoms with E-state index >= 15 is 0 Å². The van der Waals surface area contributed by atoms with Gasteiger partial charge in [-0.3, -0.25) is 9.59 Å². The van der Waals surface area contributed by atoms with Crippen molar-refractivity contribution in [3.63, 3.8) is 0 Å². The SMILES string of the molecule is Cn1ccc(O)c(NC(=O)N[C@@H](CC(=O)O)c2cccc(CC3=CCCC=C3F)c2)c1=O. The Balaban J connectivity index is 1.79. The molecule has 1 aromatic carbocycles. The lowest BCUT2D eigenvalue weighted by atomic mass is 9.95. The number of allylic oxidation sites excluding steroid dienone is 4. The molecule has 4 N–H and O–H groups in total. The van der Waals surface area contributed by atoms with Gasteiger partial charge in [-0.1, -0.05) is 30.3 Å². The third-order valence-electron chi connectivity index (χ3n) is 5.10. The highest BCUT2D eigenvalue weighted by Gasteiger charge is 2.21. The first-order valence-corrected chi connectivity index (χ1v) is 10.1. The monoisotopic (exact) mass is 441 g/mol. The van der Waals surface area contributed by atoms with Crippen molar-refractivity contribution in [3.05, 3.63) is 81.6 Å². The highest BCUT2D eigenvalue weighted by Crippen LogP contribution is 2.26. The summed E-state index contributed by atoms with van der Waals surface area (Å²) in [5, 5.41) is 24.0. The molecule has 1 aliphatic carbocycles. The van der Waals surface area contributed by atoms with Crippen LogP contribution in [0.2, 0.25) is 0 Å². The van der Waals surface area contributed by atoms with Crippen molar-refractivity contribution in [2.24, 2.45) is 7.05 Å². The Labute approximate surface area is 183 Å². The number of carbonyl (C=O) groups is 2. The maximum atomic E-state index is 14.0. The van der Waals surface area contributed by atoms with E-state index in [2.05, 4.69) is 10.6 Å². The number of pyridine rings is 1. The van der Waals surface area contributed by atoms with Crippen molar-refractivity contribution in [2.45, 2.75) is 31.7 Å².